The Morgan fingerprint density at radius 1 is 1.15 bits per heavy atom. The average Bonchev–Trinajstić information content (AvgIpc) is 3.04. The highest BCUT2D eigenvalue weighted by Gasteiger charge is 2.11. The first-order chi connectivity index (χ1) is 12.5. The van der Waals surface area contributed by atoms with Crippen LogP contribution in [0.3, 0.4) is 0 Å². The molecule has 3 aromatic rings. The first-order valence-corrected chi connectivity index (χ1v) is 8.98. The van der Waals surface area contributed by atoms with E-state index in [0.29, 0.717) is 5.69 Å². The van der Waals surface area contributed by atoms with Crippen LogP contribution >= 0.6 is 11.3 Å². The van der Waals surface area contributed by atoms with Crippen LogP contribution in [0.4, 0.5) is 5.69 Å². The number of para-hydroxylation sites is 1. The molecule has 26 heavy (non-hydrogen) atoms. The highest BCUT2D eigenvalue weighted by atomic mass is 32.1. The van der Waals surface area contributed by atoms with Crippen molar-refractivity contribution in [2.45, 2.75) is 6.92 Å². The van der Waals surface area contributed by atoms with E-state index in [1.165, 1.54) is 22.3 Å². The summed E-state index contributed by atoms with van der Waals surface area (Å²) in [7, 11) is 1.60. The lowest BCUT2D eigenvalue weighted by molar-refractivity contribution is -0.129. The number of nitrogens with one attached hydrogen (secondary N) is 1. The van der Waals surface area contributed by atoms with E-state index in [-0.39, 0.29) is 18.4 Å². The molecule has 0 bridgehead atoms. The summed E-state index contributed by atoms with van der Waals surface area (Å²) in [5.74, 6) is -0.485. The Hall–Kier alpha value is -2.99. The van der Waals surface area contributed by atoms with Crippen LogP contribution in [-0.2, 0) is 9.59 Å². The van der Waals surface area contributed by atoms with E-state index >= 15 is 0 Å². The van der Waals surface area contributed by atoms with Crippen molar-refractivity contribution >= 4 is 45.1 Å². The van der Waals surface area contributed by atoms with E-state index in [0.717, 1.165) is 20.8 Å². The molecular formula is C20H19N3O2S. The number of anilines is 1. The topological polar surface area (TPSA) is 62.3 Å². The summed E-state index contributed by atoms with van der Waals surface area (Å²) in [5, 5.41) is 3.54. The molecule has 0 unspecified atom stereocenters. The second-order valence-corrected chi connectivity index (χ2v) is 7.02. The normalized spacial score (nSPS) is 11.0. The Morgan fingerprint density at radius 3 is 2.62 bits per heavy atom. The molecule has 0 saturated carbocycles. The molecular weight excluding hydrogens is 346 g/mol. The molecule has 1 heterocycles. The average molecular weight is 365 g/mol. The molecule has 0 radical (unpaired) electrons. The molecule has 2 amide bonds. The number of fused-ring (bicyclic) bond motifs is 1. The van der Waals surface area contributed by atoms with Crippen LogP contribution in [-0.4, -0.2) is 35.3 Å². The van der Waals surface area contributed by atoms with Crippen LogP contribution in [0.25, 0.3) is 16.3 Å². The van der Waals surface area contributed by atoms with E-state index in [9.17, 15) is 9.59 Å². The number of nitrogens with zero attached hydrogens (tertiary/aromatic N) is 2. The molecule has 2 aromatic carbocycles. The molecule has 0 spiro atoms. The summed E-state index contributed by atoms with van der Waals surface area (Å²) < 4.78 is 1.07. The van der Waals surface area contributed by atoms with Gasteiger partial charge in [-0.3, -0.25) is 9.59 Å². The second kappa shape index (κ2) is 7.93. The van der Waals surface area contributed by atoms with Gasteiger partial charge >= 0.3 is 0 Å². The zero-order chi connectivity index (χ0) is 18.5. The van der Waals surface area contributed by atoms with Gasteiger partial charge < -0.3 is 10.2 Å². The van der Waals surface area contributed by atoms with Gasteiger partial charge in [0.15, 0.2) is 0 Å². The molecule has 0 atom stereocenters. The van der Waals surface area contributed by atoms with Crippen molar-refractivity contribution in [2.75, 3.05) is 18.9 Å². The molecule has 0 saturated heterocycles. The van der Waals surface area contributed by atoms with E-state index in [1.54, 1.807) is 13.1 Å². The predicted octanol–water partition coefficient (Wildman–Crippen LogP) is 3.72. The first-order valence-electron chi connectivity index (χ1n) is 8.16. The smallest absolute Gasteiger partial charge is 0.246 e. The number of carbonyl (C=O) groups is 2. The molecule has 132 valence electrons. The number of rotatable bonds is 5. The number of amides is 2. The molecule has 3 rings (SSSR count). The number of thiazole rings is 1. The van der Waals surface area contributed by atoms with Gasteiger partial charge in [-0.25, -0.2) is 4.98 Å². The lowest BCUT2D eigenvalue weighted by Crippen LogP contribution is -2.33. The molecule has 1 N–H and O–H groups in total. The van der Waals surface area contributed by atoms with E-state index in [2.05, 4.69) is 10.3 Å². The van der Waals surface area contributed by atoms with E-state index in [1.807, 2.05) is 55.5 Å². The highest BCUT2D eigenvalue weighted by Crippen LogP contribution is 2.22. The number of aryl methyl sites for hydroxylation is 1. The number of hydrogen-bond acceptors (Lipinski definition) is 4. The van der Waals surface area contributed by atoms with Crippen molar-refractivity contribution in [3.8, 4) is 0 Å². The summed E-state index contributed by atoms with van der Waals surface area (Å²) in [6, 6.07) is 15.3. The van der Waals surface area contributed by atoms with E-state index < -0.39 is 0 Å². The van der Waals surface area contributed by atoms with Crippen molar-refractivity contribution in [1.82, 2.24) is 9.88 Å². The third-order valence-electron chi connectivity index (χ3n) is 3.77. The highest BCUT2D eigenvalue weighted by molar-refractivity contribution is 7.19. The molecule has 0 aliphatic heterocycles. The third-order valence-corrected chi connectivity index (χ3v) is 4.77. The minimum Gasteiger partial charge on any atom is -0.333 e. The minimum absolute atomic E-state index is 0.0170. The van der Waals surface area contributed by atoms with E-state index in [4.69, 9.17) is 0 Å². The summed E-state index contributed by atoms with van der Waals surface area (Å²) in [6.45, 7) is 1.96. The maximum atomic E-state index is 12.2. The van der Waals surface area contributed by atoms with Crippen molar-refractivity contribution in [2.24, 2.45) is 0 Å². The SMILES string of the molecule is Cc1ccc(NC(=O)CN(C)C(=O)/C=C/c2nc3ccccc3s2)cc1. The molecule has 0 fully saturated rings. The van der Waals surface area contributed by atoms with Crippen LogP contribution in [0.2, 0.25) is 0 Å². The zero-order valence-electron chi connectivity index (χ0n) is 14.6. The fourth-order valence-corrected chi connectivity index (χ4v) is 3.23. The number of carbonyl (C=O) groups excluding carboxylic acids is 2. The van der Waals surface area contributed by atoms with Gasteiger partial charge in [0.2, 0.25) is 11.8 Å². The van der Waals surface area contributed by atoms with Gasteiger partial charge in [0, 0.05) is 18.8 Å². The quantitative estimate of drug-likeness (QED) is 0.701. The summed E-state index contributed by atoms with van der Waals surface area (Å²) in [5.41, 5.74) is 2.75. The number of benzene rings is 2. The van der Waals surface area contributed by atoms with Crippen molar-refractivity contribution < 1.29 is 9.59 Å². The van der Waals surface area contributed by atoms with Gasteiger partial charge in [0.1, 0.15) is 5.01 Å². The lowest BCUT2D eigenvalue weighted by Gasteiger charge is -2.14. The monoisotopic (exact) mass is 365 g/mol. The maximum absolute atomic E-state index is 12.2. The van der Waals surface area contributed by atoms with Gasteiger partial charge in [-0.1, -0.05) is 29.8 Å². The molecule has 6 heteroatoms. The summed E-state index contributed by atoms with van der Waals surface area (Å²) in [6.07, 6.45) is 3.12. The second-order valence-electron chi connectivity index (χ2n) is 5.96. The van der Waals surface area contributed by atoms with Gasteiger partial charge in [0.05, 0.1) is 16.8 Å². The largest absolute Gasteiger partial charge is 0.333 e. The Balaban J connectivity index is 1.56. The Bertz CT molecular complexity index is 928. The van der Waals surface area contributed by atoms with Crippen molar-refractivity contribution in [1.29, 1.82) is 0 Å². The van der Waals surface area contributed by atoms with Gasteiger partial charge in [0.25, 0.3) is 0 Å². The maximum Gasteiger partial charge on any atom is 0.246 e. The van der Waals surface area contributed by atoms with Crippen LogP contribution < -0.4 is 5.32 Å². The Morgan fingerprint density at radius 2 is 1.88 bits per heavy atom. The third kappa shape index (κ3) is 4.55. The van der Waals surface area contributed by atoms with Gasteiger partial charge in [-0.15, -0.1) is 11.3 Å². The number of aromatic nitrogens is 1. The Kier molecular flexibility index (Phi) is 5.43. The first kappa shape index (κ1) is 17.8. The van der Waals surface area contributed by atoms with Gasteiger partial charge in [-0.2, -0.15) is 0 Å². The lowest BCUT2D eigenvalue weighted by atomic mass is 10.2. The fourth-order valence-electron chi connectivity index (χ4n) is 2.36. The van der Waals surface area contributed by atoms with Crippen LogP contribution in [0.1, 0.15) is 10.6 Å². The van der Waals surface area contributed by atoms with Crippen molar-refractivity contribution in [3.05, 3.63) is 65.2 Å². The van der Waals surface area contributed by atoms with Crippen LogP contribution in [0.15, 0.2) is 54.6 Å². The summed E-state index contributed by atoms with van der Waals surface area (Å²) in [4.78, 5) is 30.1. The molecule has 1 aromatic heterocycles. The zero-order valence-corrected chi connectivity index (χ0v) is 15.4. The summed E-state index contributed by atoms with van der Waals surface area (Å²) >= 11 is 1.52. The number of hydrogen-bond donors (Lipinski definition) is 1. The van der Waals surface area contributed by atoms with Crippen LogP contribution in [0, 0.1) is 6.92 Å². The molecule has 0 aliphatic rings. The predicted molar refractivity (Wildman–Crippen MR) is 106 cm³/mol. The van der Waals surface area contributed by atoms with Crippen LogP contribution in [0.5, 0.6) is 0 Å². The molecule has 0 aliphatic carbocycles. The van der Waals surface area contributed by atoms with Gasteiger partial charge in [-0.05, 0) is 37.3 Å². The minimum atomic E-state index is -0.247. The fraction of sp³-hybridized carbons (Fsp3) is 0.150. The standard InChI is InChI=1S/C20H19N3O2S/c1-14-7-9-15(10-8-14)21-18(24)13-23(2)20(25)12-11-19-22-16-5-3-4-6-17(16)26-19/h3-12H,13H2,1-2H3,(H,21,24)/b12-11+. The number of likely N-dealkylation sites (N-methyl/N-ethyl adjacent to an activating group) is 1. The molecule has 5 nitrogen and oxygen atoms in total. The van der Waals surface area contributed by atoms with Crippen molar-refractivity contribution in [3.63, 3.8) is 0 Å². The Labute approximate surface area is 156 Å².